The van der Waals surface area contributed by atoms with Gasteiger partial charge >= 0.3 is 5.97 Å². The van der Waals surface area contributed by atoms with Crippen LogP contribution in [0.2, 0.25) is 0 Å². The van der Waals surface area contributed by atoms with Crippen LogP contribution in [0.25, 0.3) is 0 Å². The third-order valence-corrected chi connectivity index (χ3v) is 5.28. The molecule has 2 heterocycles. The first-order chi connectivity index (χ1) is 9.86. The van der Waals surface area contributed by atoms with E-state index in [-0.39, 0.29) is 16.1 Å². The molecule has 0 aromatic carbocycles. The summed E-state index contributed by atoms with van der Waals surface area (Å²) in [4.78, 5) is 25.8. The van der Waals surface area contributed by atoms with E-state index >= 15 is 0 Å². The first-order valence-electron chi connectivity index (χ1n) is 6.92. The molecule has 1 unspecified atom stereocenters. The van der Waals surface area contributed by atoms with Gasteiger partial charge in [-0.2, -0.15) is 0 Å². The highest BCUT2D eigenvalue weighted by Gasteiger charge is 2.32. The number of amides is 1. The molecule has 4 N–H and O–H groups in total. The SMILES string of the molecule is COC(=O)c1c(N2CCC(C(C)C)C2)sc(C(N)=O)c1N. The number of carbonyl (C=O) groups is 2. The van der Waals surface area contributed by atoms with E-state index in [1.807, 2.05) is 0 Å². The van der Waals surface area contributed by atoms with Crippen LogP contribution in [0.5, 0.6) is 0 Å². The fraction of sp³-hybridized carbons (Fsp3) is 0.571. The number of nitrogens with two attached hydrogens (primary N) is 2. The van der Waals surface area contributed by atoms with Crippen molar-refractivity contribution >= 4 is 33.9 Å². The first kappa shape index (κ1) is 15.6. The molecule has 1 aliphatic heterocycles. The number of primary amides is 1. The number of esters is 1. The van der Waals surface area contributed by atoms with Crippen molar-refractivity contribution in [1.29, 1.82) is 0 Å². The predicted octanol–water partition coefficient (Wildman–Crippen LogP) is 1.70. The topological polar surface area (TPSA) is 98.6 Å². The number of hydrogen-bond donors (Lipinski definition) is 2. The number of rotatable bonds is 4. The van der Waals surface area contributed by atoms with Crippen molar-refractivity contribution in [2.24, 2.45) is 17.6 Å². The lowest BCUT2D eigenvalue weighted by molar-refractivity contribution is 0.0603. The molecule has 21 heavy (non-hydrogen) atoms. The van der Waals surface area contributed by atoms with Crippen LogP contribution >= 0.6 is 11.3 Å². The van der Waals surface area contributed by atoms with Crippen molar-refractivity contribution in [1.82, 2.24) is 0 Å². The maximum atomic E-state index is 12.0. The number of carbonyl (C=O) groups excluding carboxylic acids is 2. The Morgan fingerprint density at radius 3 is 2.57 bits per heavy atom. The fourth-order valence-corrected chi connectivity index (χ4v) is 3.75. The van der Waals surface area contributed by atoms with Crippen LogP contribution < -0.4 is 16.4 Å². The highest BCUT2D eigenvalue weighted by Crippen LogP contribution is 2.41. The van der Waals surface area contributed by atoms with Crippen molar-refractivity contribution in [3.05, 3.63) is 10.4 Å². The van der Waals surface area contributed by atoms with Gasteiger partial charge in [-0.15, -0.1) is 11.3 Å². The average molecular weight is 311 g/mol. The Bertz CT molecular complexity index is 568. The van der Waals surface area contributed by atoms with E-state index in [2.05, 4.69) is 18.7 Å². The maximum Gasteiger partial charge on any atom is 0.343 e. The third-order valence-electron chi connectivity index (χ3n) is 3.99. The van der Waals surface area contributed by atoms with E-state index in [0.29, 0.717) is 16.8 Å². The zero-order valence-electron chi connectivity index (χ0n) is 12.5. The molecule has 1 saturated heterocycles. The van der Waals surface area contributed by atoms with Crippen molar-refractivity contribution < 1.29 is 14.3 Å². The van der Waals surface area contributed by atoms with Crippen LogP contribution in [0.3, 0.4) is 0 Å². The second-order valence-electron chi connectivity index (χ2n) is 5.62. The van der Waals surface area contributed by atoms with E-state index in [0.717, 1.165) is 19.5 Å². The molecule has 0 radical (unpaired) electrons. The summed E-state index contributed by atoms with van der Waals surface area (Å²) in [5, 5.41) is 0.691. The monoisotopic (exact) mass is 311 g/mol. The van der Waals surface area contributed by atoms with Gasteiger partial charge in [0.05, 0.1) is 12.8 Å². The van der Waals surface area contributed by atoms with Gasteiger partial charge in [0, 0.05) is 13.1 Å². The molecule has 0 aliphatic carbocycles. The second-order valence-corrected chi connectivity index (χ2v) is 6.62. The largest absolute Gasteiger partial charge is 0.465 e. The Kier molecular flexibility index (Phi) is 4.41. The molecule has 0 bridgehead atoms. The summed E-state index contributed by atoms with van der Waals surface area (Å²) in [5.74, 6) is -0.00639. The minimum atomic E-state index is -0.617. The van der Waals surface area contributed by atoms with Crippen LogP contribution in [0.4, 0.5) is 10.7 Å². The normalized spacial score (nSPS) is 18.3. The zero-order valence-corrected chi connectivity index (χ0v) is 13.3. The first-order valence-corrected chi connectivity index (χ1v) is 7.73. The summed E-state index contributed by atoms with van der Waals surface area (Å²) in [5.41, 5.74) is 11.7. The fourth-order valence-electron chi connectivity index (χ4n) is 2.65. The van der Waals surface area contributed by atoms with Gasteiger partial charge in [-0.05, 0) is 18.3 Å². The molecular weight excluding hydrogens is 290 g/mol. The van der Waals surface area contributed by atoms with Crippen molar-refractivity contribution in [3.63, 3.8) is 0 Å². The van der Waals surface area contributed by atoms with Crippen LogP contribution in [-0.2, 0) is 4.74 Å². The highest BCUT2D eigenvalue weighted by atomic mass is 32.1. The summed E-state index contributed by atoms with van der Waals surface area (Å²) >= 11 is 1.17. The Balaban J connectivity index is 2.41. The summed E-state index contributed by atoms with van der Waals surface area (Å²) in [6, 6.07) is 0. The van der Waals surface area contributed by atoms with Crippen LogP contribution in [0.1, 0.15) is 40.3 Å². The third kappa shape index (κ3) is 2.83. The molecule has 1 aromatic rings. The van der Waals surface area contributed by atoms with Gasteiger partial charge in [-0.25, -0.2) is 4.79 Å². The molecule has 116 valence electrons. The van der Waals surface area contributed by atoms with Crippen molar-refractivity contribution in [2.75, 3.05) is 30.8 Å². The predicted molar refractivity (Wildman–Crippen MR) is 83.7 cm³/mol. The van der Waals surface area contributed by atoms with Crippen LogP contribution in [0.15, 0.2) is 0 Å². The van der Waals surface area contributed by atoms with Gasteiger partial charge < -0.3 is 21.1 Å². The number of methoxy groups -OCH3 is 1. The quantitative estimate of drug-likeness (QED) is 0.825. The Labute approximate surface area is 128 Å². The highest BCUT2D eigenvalue weighted by molar-refractivity contribution is 7.19. The molecule has 1 amide bonds. The lowest BCUT2D eigenvalue weighted by Gasteiger charge is -2.19. The maximum absolute atomic E-state index is 12.0. The van der Waals surface area contributed by atoms with Gasteiger partial charge in [0.2, 0.25) is 0 Å². The van der Waals surface area contributed by atoms with Gasteiger partial charge in [-0.1, -0.05) is 13.8 Å². The van der Waals surface area contributed by atoms with E-state index in [9.17, 15) is 9.59 Å². The van der Waals surface area contributed by atoms with Gasteiger partial charge in [0.25, 0.3) is 5.91 Å². The van der Waals surface area contributed by atoms with E-state index < -0.39 is 11.9 Å². The summed E-state index contributed by atoms with van der Waals surface area (Å²) < 4.78 is 4.79. The van der Waals surface area contributed by atoms with Crippen molar-refractivity contribution in [2.45, 2.75) is 20.3 Å². The minimum Gasteiger partial charge on any atom is -0.465 e. The molecule has 1 aliphatic rings. The number of hydrogen-bond acceptors (Lipinski definition) is 6. The van der Waals surface area contributed by atoms with E-state index in [1.54, 1.807) is 0 Å². The van der Waals surface area contributed by atoms with Gasteiger partial charge in [0.15, 0.2) is 0 Å². The molecule has 2 rings (SSSR count). The summed E-state index contributed by atoms with van der Waals surface area (Å²) in [6.07, 6.45) is 1.06. The summed E-state index contributed by atoms with van der Waals surface area (Å²) in [6.45, 7) is 6.06. The molecule has 1 atom stereocenters. The lowest BCUT2D eigenvalue weighted by atomic mass is 9.95. The Morgan fingerprint density at radius 1 is 1.43 bits per heavy atom. The smallest absolute Gasteiger partial charge is 0.343 e. The lowest BCUT2D eigenvalue weighted by Crippen LogP contribution is -2.22. The molecule has 0 saturated carbocycles. The number of ether oxygens (including phenoxy) is 1. The van der Waals surface area contributed by atoms with E-state index in [1.165, 1.54) is 18.4 Å². The van der Waals surface area contributed by atoms with Crippen molar-refractivity contribution in [3.8, 4) is 0 Å². The van der Waals surface area contributed by atoms with Gasteiger partial charge in [-0.3, -0.25) is 4.79 Å². The number of anilines is 2. The zero-order chi connectivity index (χ0) is 15.7. The van der Waals surface area contributed by atoms with Crippen LogP contribution in [0, 0.1) is 11.8 Å². The van der Waals surface area contributed by atoms with Gasteiger partial charge in [0.1, 0.15) is 15.4 Å². The minimum absolute atomic E-state index is 0.127. The number of thiophene rings is 1. The number of nitrogen functional groups attached to an aromatic ring is 1. The molecular formula is C14H21N3O3S. The van der Waals surface area contributed by atoms with E-state index in [4.69, 9.17) is 16.2 Å². The summed E-state index contributed by atoms with van der Waals surface area (Å²) in [7, 11) is 1.30. The Morgan fingerprint density at radius 2 is 2.10 bits per heavy atom. The number of nitrogens with zero attached hydrogens (tertiary/aromatic N) is 1. The average Bonchev–Trinajstić information content (AvgIpc) is 3.02. The molecule has 1 aromatic heterocycles. The molecule has 0 spiro atoms. The second kappa shape index (κ2) is 5.93. The molecule has 7 heteroatoms. The Hall–Kier alpha value is -1.76. The van der Waals surface area contributed by atoms with Crippen LogP contribution in [-0.4, -0.2) is 32.1 Å². The standard InChI is InChI=1S/C14H21N3O3S/c1-7(2)8-4-5-17(6-8)13-9(14(19)20-3)10(15)11(21-13)12(16)18/h7-8H,4-6,15H2,1-3H3,(H2,16,18). The molecule has 6 nitrogen and oxygen atoms in total. The molecule has 1 fully saturated rings.